The lowest BCUT2D eigenvalue weighted by Crippen LogP contribution is -2.48. The Hall–Kier alpha value is -0.750. The molecule has 1 amide bonds. The molecule has 1 aliphatic heterocycles. The van der Waals surface area contributed by atoms with Crippen LogP contribution < -0.4 is 0 Å². The average molecular weight is 247 g/mol. The second-order valence-electron chi connectivity index (χ2n) is 3.94. The molecule has 5 nitrogen and oxygen atoms in total. The number of rotatable bonds is 4. The monoisotopic (exact) mass is 247 g/mol. The maximum Gasteiger partial charge on any atom is 0.313 e. The molecular formula is C10H17NO4S. The van der Waals surface area contributed by atoms with Crippen LogP contribution >= 0.6 is 11.8 Å². The highest BCUT2D eigenvalue weighted by atomic mass is 32.2. The van der Waals surface area contributed by atoms with Crippen LogP contribution in [0.25, 0.3) is 0 Å². The summed E-state index contributed by atoms with van der Waals surface area (Å²) < 4.78 is 5.51. The Kier molecular flexibility index (Phi) is 5.08. The molecule has 16 heavy (non-hydrogen) atoms. The molecule has 1 aliphatic rings. The van der Waals surface area contributed by atoms with Crippen molar-refractivity contribution in [2.75, 3.05) is 24.6 Å². The quantitative estimate of drug-likeness (QED) is 0.781. The summed E-state index contributed by atoms with van der Waals surface area (Å²) in [6.07, 6.45) is 0.106. The van der Waals surface area contributed by atoms with E-state index in [4.69, 9.17) is 9.84 Å². The molecule has 0 bridgehead atoms. The minimum absolute atomic E-state index is 0.00625. The maximum atomic E-state index is 11.7. The van der Waals surface area contributed by atoms with E-state index in [2.05, 4.69) is 0 Å². The molecule has 92 valence electrons. The molecule has 0 radical (unpaired) electrons. The van der Waals surface area contributed by atoms with Crippen molar-refractivity contribution in [3.63, 3.8) is 0 Å². The Labute approximate surface area is 99.1 Å². The molecule has 2 atom stereocenters. The standard InChI is InChI=1S/C10H17NO4S/c1-7-3-11(4-8(2)15-7)9(12)5-16-6-10(13)14/h7-8H,3-6H2,1-2H3,(H,13,14). The topological polar surface area (TPSA) is 66.8 Å². The minimum Gasteiger partial charge on any atom is -0.481 e. The van der Waals surface area contributed by atoms with E-state index in [1.807, 2.05) is 13.8 Å². The number of carbonyl (C=O) groups excluding carboxylic acids is 1. The molecule has 2 unspecified atom stereocenters. The fourth-order valence-electron chi connectivity index (χ4n) is 1.70. The number of hydrogen-bond donors (Lipinski definition) is 1. The van der Waals surface area contributed by atoms with Crippen molar-refractivity contribution in [2.45, 2.75) is 26.1 Å². The lowest BCUT2D eigenvalue weighted by molar-refractivity contribution is -0.140. The number of carbonyl (C=O) groups is 2. The molecule has 0 saturated carbocycles. The van der Waals surface area contributed by atoms with Crippen LogP contribution in [0.1, 0.15) is 13.8 Å². The summed E-state index contributed by atoms with van der Waals surface area (Å²) in [6, 6.07) is 0. The highest BCUT2D eigenvalue weighted by Gasteiger charge is 2.25. The third-order valence-electron chi connectivity index (χ3n) is 2.22. The second kappa shape index (κ2) is 6.10. The highest BCUT2D eigenvalue weighted by Crippen LogP contribution is 2.12. The molecule has 0 aliphatic carbocycles. The van der Waals surface area contributed by atoms with Crippen molar-refractivity contribution in [1.29, 1.82) is 0 Å². The van der Waals surface area contributed by atoms with E-state index < -0.39 is 5.97 Å². The van der Waals surface area contributed by atoms with E-state index in [1.165, 1.54) is 0 Å². The number of aliphatic carboxylic acids is 1. The van der Waals surface area contributed by atoms with Gasteiger partial charge in [0.25, 0.3) is 0 Å². The summed E-state index contributed by atoms with van der Waals surface area (Å²) in [7, 11) is 0. The van der Waals surface area contributed by atoms with Crippen LogP contribution in [-0.2, 0) is 14.3 Å². The Balaban J connectivity index is 2.32. The number of amides is 1. The first-order valence-corrected chi connectivity index (χ1v) is 6.37. The molecule has 0 aromatic carbocycles. The van der Waals surface area contributed by atoms with E-state index in [-0.39, 0.29) is 29.6 Å². The van der Waals surface area contributed by atoms with E-state index in [1.54, 1.807) is 4.90 Å². The van der Waals surface area contributed by atoms with Crippen LogP contribution in [0.15, 0.2) is 0 Å². The smallest absolute Gasteiger partial charge is 0.313 e. The lowest BCUT2D eigenvalue weighted by Gasteiger charge is -2.35. The van der Waals surface area contributed by atoms with Crippen LogP contribution in [0.3, 0.4) is 0 Å². The van der Waals surface area contributed by atoms with E-state index in [9.17, 15) is 9.59 Å². The molecular weight excluding hydrogens is 230 g/mol. The third kappa shape index (κ3) is 4.40. The van der Waals surface area contributed by atoms with E-state index in [0.29, 0.717) is 13.1 Å². The normalized spacial score (nSPS) is 25.5. The molecule has 1 fully saturated rings. The third-order valence-corrected chi connectivity index (χ3v) is 3.13. The van der Waals surface area contributed by atoms with Gasteiger partial charge in [-0.05, 0) is 13.8 Å². The van der Waals surface area contributed by atoms with Gasteiger partial charge in [-0.15, -0.1) is 11.8 Å². The van der Waals surface area contributed by atoms with Gasteiger partial charge >= 0.3 is 5.97 Å². The molecule has 1 saturated heterocycles. The molecule has 6 heteroatoms. The average Bonchev–Trinajstić information content (AvgIpc) is 2.15. The number of carboxylic acids is 1. The van der Waals surface area contributed by atoms with Crippen molar-refractivity contribution in [3.8, 4) is 0 Å². The molecule has 1 N–H and O–H groups in total. The van der Waals surface area contributed by atoms with Gasteiger partial charge in [0, 0.05) is 13.1 Å². The fourth-order valence-corrected chi connectivity index (χ4v) is 2.33. The Bertz CT molecular complexity index is 262. The SMILES string of the molecule is CC1CN(C(=O)CSCC(=O)O)CC(C)O1. The van der Waals surface area contributed by atoms with Gasteiger partial charge in [-0.1, -0.05) is 0 Å². The van der Waals surface area contributed by atoms with Crippen LogP contribution in [-0.4, -0.2) is 58.7 Å². The van der Waals surface area contributed by atoms with Crippen molar-refractivity contribution in [1.82, 2.24) is 4.90 Å². The van der Waals surface area contributed by atoms with Gasteiger partial charge in [0.05, 0.1) is 23.7 Å². The number of carboxylic acid groups (broad SMARTS) is 1. The van der Waals surface area contributed by atoms with Gasteiger partial charge in [0.15, 0.2) is 0 Å². The number of morpholine rings is 1. The predicted molar refractivity (Wildman–Crippen MR) is 61.5 cm³/mol. The van der Waals surface area contributed by atoms with Crippen LogP contribution in [0.4, 0.5) is 0 Å². The summed E-state index contributed by atoms with van der Waals surface area (Å²) >= 11 is 1.13. The van der Waals surface area contributed by atoms with Gasteiger partial charge in [-0.25, -0.2) is 0 Å². The number of thioether (sulfide) groups is 1. The Morgan fingerprint density at radius 2 is 1.88 bits per heavy atom. The molecule has 0 spiro atoms. The molecule has 1 heterocycles. The van der Waals surface area contributed by atoms with Gasteiger partial charge in [-0.3, -0.25) is 9.59 Å². The highest BCUT2D eigenvalue weighted by molar-refractivity contribution is 8.00. The van der Waals surface area contributed by atoms with Gasteiger partial charge in [0.1, 0.15) is 0 Å². The zero-order chi connectivity index (χ0) is 12.1. The zero-order valence-electron chi connectivity index (χ0n) is 9.51. The van der Waals surface area contributed by atoms with Crippen molar-refractivity contribution in [2.24, 2.45) is 0 Å². The first-order chi connectivity index (χ1) is 7.49. The van der Waals surface area contributed by atoms with E-state index in [0.717, 1.165) is 11.8 Å². The number of nitrogens with zero attached hydrogens (tertiary/aromatic N) is 1. The molecule has 0 aromatic rings. The summed E-state index contributed by atoms with van der Waals surface area (Å²) in [5.74, 6) is -0.692. The van der Waals surface area contributed by atoms with Crippen molar-refractivity contribution < 1.29 is 19.4 Å². The predicted octanol–water partition coefficient (Wildman–Crippen LogP) is 0.440. The van der Waals surface area contributed by atoms with Crippen LogP contribution in [0, 0.1) is 0 Å². The van der Waals surface area contributed by atoms with E-state index >= 15 is 0 Å². The first-order valence-electron chi connectivity index (χ1n) is 5.21. The zero-order valence-corrected chi connectivity index (χ0v) is 10.3. The van der Waals surface area contributed by atoms with Gasteiger partial charge in [-0.2, -0.15) is 0 Å². The fraction of sp³-hybridized carbons (Fsp3) is 0.800. The second-order valence-corrected chi connectivity index (χ2v) is 4.93. The first kappa shape index (κ1) is 13.3. The summed E-state index contributed by atoms with van der Waals surface area (Å²) in [6.45, 7) is 5.05. The Morgan fingerprint density at radius 1 is 1.31 bits per heavy atom. The lowest BCUT2D eigenvalue weighted by atomic mass is 10.2. The molecule has 0 aromatic heterocycles. The largest absolute Gasteiger partial charge is 0.481 e. The Morgan fingerprint density at radius 3 is 2.38 bits per heavy atom. The maximum absolute atomic E-state index is 11.7. The van der Waals surface area contributed by atoms with Gasteiger partial charge < -0.3 is 14.7 Å². The number of ether oxygens (including phenoxy) is 1. The number of hydrogen-bond acceptors (Lipinski definition) is 4. The molecule has 1 rings (SSSR count). The van der Waals surface area contributed by atoms with Crippen LogP contribution in [0.5, 0.6) is 0 Å². The van der Waals surface area contributed by atoms with Gasteiger partial charge in [0.2, 0.25) is 5.91 Å². The summed E-state index contributed by atoms with van der Waals surface area (Å²) in [5, 5.41) is 8.46. The summed E-state index contributed by atoms with van der Waals surface area (Å²) in [5.41, 5.74) is 0. The van der Waals surface area contributed by atoms with Crippen molar-refractivity contribution in [3.05, 3.63) is 0 Å². The van der Waals surface area contributed by atoms with Crippen molar-refractivity contribution >= 4 is 23.6 Å². The minimum atomic E-state index is -0.887. The summed E-state index contributed by atoms with van der Waals surface area (Å²) in [4.78, 5) is 23.8. The van der Waals surface area contributed by atoms with Crippen LogP contribution in [0.2, 0.25) is 0 Å².